The number of amides is 1. The average Bonchev–Trinajstić information content (AvgIpc) is 2.91. The lowest BCUT2D eigenvalue weighted by atomic mass is 10.3. The summed E-state index contributed by atoms with van der Waals surface area (Å²) < 4.78 is 6.90. The lowest BCUT2D eigenvalue weighted by molar-refractivity contribution is 0.102. The summed E-state index contributed by atoms with van der Waals surface area (Å²) in [6.07, 6.45) is 3.46. The molecule has 0 aliphatic carbocycles. The summed E-state index contributed by atoms with van der Waals surface area (Å²) in [5, 5.41) is 2.80. The van der Waals surface area contributed by atoms with E-state index in [1.54, 1.807) is 36.0 Å². The first-order valence-corrected chi connectivity index (χ1v) is 6.15. The molecular formula is C15H13N3O2. The first kappa shape index (κ1) is 12.2. The second kappa shape index (κ2) is 5.05. The van der Waals surface area contributed by atoms with Crippen LogP contribution in [0.25, 0.3) is 5.65 Å². The van der Waals surface area contributed by atoms with Crippen LogP contribution in [0.5, 0.6) is 5.75 Å². The van der Waals surface area contributed by atoms with Gasteiger partial charge < -0.3 is 14.5 Å². The largest absolute Gasteiger partial charge is 0.495 e. The summed E-state index contributed by atoms with van der Waals surface area (Å²) in [4.78, 5) is 16.4. The molecule has 0 fully saturated rings. The number of hydrogen-bond donors (Lipinski definition) is 1. The number of carbonyl (C=O) groups excluding carboxylic acids is 1. The molecule has 5 heteroatoms. The minimum Gasteiger partial charge on any atom is -0.495 e. The third-order valence-electron chi connectivity index (χ3n) is 2.92. The van der Waals surface area contributed by atoms with Crippen LogP contribution in [0.15, 0.2) is 54.9 Å². The van der Waals surface area contributed by atoms with E-state index >= 15 is 0 Å². The molecule has 2 aromatic heterocycles. The number of fused-ring (bicyclic) bond motifs is 1. The van der Waals surface area contributed by atoms with Crippen molar-refractivity contribution in [3.8, 4) is 5.75 Å². The van der Waals surface area contributed by atoms with Gasteiger partial charge in [0, 0.05) is 11.9 Å². The van der Waals surface area contributed by atoms with E-state index in [0.717, 1.165) is 5.69 Å². The minimum absolute atomic E-state index is 0.237. The van der Waals surface area contributed by atoms with Crippen LogP contribution in [-0.2, 0) is 0 Å². The zero-order valence-corrected chi connectivity index (χ0v) is 10.9. The molecular weight excluding hydrogens is 254 g/mol. The van der Waals surface area contributed by atoms with Crippen LogP contribution < -0.4 is 10.1 Å². The van der Waals surface area contributed by atoms with Gasteiger partial charge in [0.05, 0.1) is 13.3 Å². The van der Waals surface area contributed by atoms with E-state index < -0.39 is 0 Å². The highest BCUT2D eigenvalue weighted by atomic mass is 16.5. The fourth-order valence-corrected chi connectivity index (χ4v) is 1.92. The average molecular weight is 267 g/mol. The summed E-state index contributed by atoms with van der Waals surface area (Å²) in [5.41, 5.74) is 1.80. The molecule has 100 valence electrons. The number of hydrogen-bond acceptors (Lipinski definition) is 3. The summed E-state index contributed by atoms with van der Waals surface area (Å²) in [6.45, 7) is 0. The number of ether oxygens (including phenoxy) is 1. The van der Waals surface area contributed by atoms with Crippen molar-refractivity contribution in [2.24, 2.45) is 0 Å². The van der Waals surface area contributed by atoms with E-state index in [1.807, 2.05) is 30.3 Å². The van der Waals surface area contributed by atoms with Crippen molar-refractivity contribution in [1.29, 1.82) is 0 Å². The number of imidazole rings is 1. The number of nitrogens with one attached hydrogen (secondary N) is 1. The van der Waals surface area contributed by atoms with Gasteiger partial charge in [-0.25, -0.2) is 4.98 Å². The van der Waals surface area contributed by atoms with Crippen molar-refractivity contribution in [2.45, 2.75) is 0 Å². The highest BCUT2D eigenvalue weighted by Gasteiger charge is 2.11. The molecule has 3 aromatic rings. The van der Waals surface area contributed by atoms with Crippen LogP contribution in [0, 0.1) is 0 Å². The van der Waals surface area contributed by atoms with Gasteiger partial charge in [0.1, 0.15) is 17.1 Å². The molecule has 5 nitrogen and oxygen atoms in total. The number of benzene rings is 1. The molecule has 1 amide bonds. The van der Waals surface area contributed by atoms with Gasteiger partial charge in [0.2, 0.25) is 0 Å². The molecule has 0 radical (unpaired) electrons. The Labute approximate surface area is 115 Å². The van der Waals surface area contributed by atoms with Gasteiger partial charge in [-0.05, 0) is 24.3 Å². The van der Waals surface area contributed by atoms with Crippen molar-refractivity contribution < 1.29 is 9.53 Å². The molecule has 0 aliphatic heterocycles. The predicted octanol–water partition coefficient (Wildman–Crippen LogP) is 2.60. The molecule has 1 N–H and O–H groups in total. The zero-order chi connectivity index (χ0) is 13.9. The number of anilines is 1. The third-order valence-corrected chi connectivity index (χ3v) is 2.92. The Morgan fingerprint density at radius 2 is 1.95 bits per heavy atom. The van der Waals surface area contributed by atoms with Crippen LogP contribution in [0.4, 0.5) is 5.69 Å². The Balaban J connectivity index is 1.88. The molecule has 0 aliphatic rings. The highest BCUT2D eigenvalue weighted by Crippen LogP contribution is 2.14. The molecule has 0 spiro atoms. The number of para-hydroxylation sites is 1. The second-order valence-electron chi connectivity index (χ2n) is 4.28. The van der Waals surface area contributed by atoms with Crippen molar-refractivity contribution in [3.05, 3.63) is 60.6 Å². The maximum atomic E-state index is 12.1. The molecule has 0 bridgehead atoms. The van der Waals surface area contributed by atoms with E-state index in [4.69, 9.17) is 4.74 Å². The second-order valence-corrected chi connectivity index (χ2v) is 4.28. The van der Waals surface area contributed by atoms with Gasteiger partial charge in [-0.1, -0.05) is 18.2 Å². The Morgan fingerprint density at radius 3 is 2.70 bits per heavy atom. The molecule has 3 rings (SSSR count). The summed E-state index contributed by atoms with van der Waals surface area (Å²) in [5.74, 6) is 0.476. The minimum atomic E-state index is -0.237. The summed E-state index contributed by atoms with van der Waals surface area (Å²) >= 11 is 0. The van der Waals surface area contributed by atoms with Crippen LogP contribution in [0.3, 0.4) is 0 Å². The van der Waals surface area contributed by atoms with Crippen molar-refractivity contribution in [1.82, 2.24) is 9.38 Å². The monoisotopic (exact) mass is 267 g/mol. The number of carbonyl (C=O) groups is 1. The van der Waals surface area contributed by atoms with Crippen LogP contribution in [0.2, 0.25) is 0 Å². The van der Waals surface area contributed by atoms with E-state index in [2.05, 4.69) is 10.3 Å². The van der Waals surface area contributed by atoms with Gasteiger partial charge >= 0.3 is 0 Å². The maximum absolute atomic E-state index is 12.1. The Kier molecular flexibility index (Phi) is 3.09. The van der Waals surface area contributed by atoms with Gasteiger partial charge in [0.25, 0.3) is 5.91 Å². The van der Waals surface area contributed by atoms with E-state index in [0.29, 0.717) is 17.1 Å². The van der Waals surface area contributed by atoms with Gasteiger partial charge in [-0.15, -0.1) is 0 Å². The number of methoxy groups -OCH3 is 1. The number of aromatic nitrogens is 2. The molecule has 20 heavy (non-hydrogen) atoms. The topological polar surface area (TPSA) is 55.6 Å². The first-order chi connectivity index (χ1) is 9.76. The van der Waals surface area contributed by atoms with Crippen molar-refractivity contribution in [3.63, 3.8) is 0 Å². The quantitative estimate of drug-likeness (QED) is 0.793. The van der Waals surface area contributed by atoms with Crippen LogP contribution in [-0.4, -0.2) is 22.4 Å². The predicted molar refractivity (Wildman–Crippen MR) is 76.1 cm³/mol. The fraction of sp³-hybridized carbons (Fsp3) is 0.0667. The molecule has 0 unspecified atom stereocenters. The summed E-state index contributed by atoms with van der Waals surface area (Å²) in [7, 11) is 1.60. The molecule has 2 heterocycles. The SMILES string of the molecule is COc1ccc2nc(C(=O)Nc3ccccc3)cn2c1. The van der Waals surface area contributed by atoms with Gasteiger partial charge in [-0.3, -0.25) is 4.79 Å². The van der Waals surface area contributed by atoms with Crippen molar-refractivity contribution >= 4 is 17.2 Å². The molecule has 0 atom stereocenters. The van der Waals surface area contributed by atoms with Crippen LogP contribution >= 0.6 is 0 Å². The van der Waals surface area contributed by atoms with Gasteiger partial charge in [0.15, 0.2) is 0 Å². The standard InChI is InChI=1S/C15H13N3O2/c1-20-12-7-8-14-17-13(10-18(14)9-12)15(19)16-11-5-3-2-4-6-11/h2-10H,1H3,(H,16,19). The lowest BCUT2D eigenvalue weighted by Gasteiger charge is -2.01. The van der Waals surface area contributed by atoms with Crippen LogP contribution in [0.1, 0.15) is 10.5 Å². The Morgan fingerprint density at radius 1 is 1.15 bits per heavy atom. The van der Waals surface area contributed by atoms with E-state index in [1.165, 1.54) is 0 Å². The smallest absolute Gasteiger partial charge is 0.275 e. The summed E-state index contributed by atoms with van der Waals surface area (Å²) in [6, 6.07) is 12.9. The number of pyridine rings is 1. The normalized spacial score (nSPS) is 10.4. The van der Waals surface area contributed by atoms with E-state index in [9.17, 15) is 4.79 Å². The molecule has 1 aromatic carbocycles. The number of nitrogens with zero attached hydrogens (tertiary/aromatic N) is 2. The molecule has 0 saturated carbocycles. The zero-order valence-electron chi connectivity index (χ0n) is 10.9. The lowest BCUT2D eigenvalue weighted by Crippen LogP contribution is -2.11. The number of rotatable bonds is 3. The van der Waals surface area contributed by atoms with Crippen molar-refractivity contribution in [2.75, 3.05) is 12.4 Å². The third kappa shape index (κ3) is 2.33. The van der Waals surface area contributed by atoms with E-state index in [-0.39, 0.29) is 5.91 Å². The maximum Gasteiger partial charge on any atom is 0.275 e. The fourth-order valence-electron chi connectivity index (χ4n) is 1.92. The Bertz CT molecular complexity index is 750. The Hall–Kier alpha value is -2.82. The van der Waals surface area contributed by atoms with Gasteiger partial charge in [-0.2, -0.15) is 0 Å². The first-order valence-electron chi connectivity index (χ1n) is 6.15. The molecule has 0 saturated heterocycles. The highest BCUT2D eigenvalue weighted by molar-refractivity contribution is 6.03.